The van der Waals surface area contributed by atoms with E-state index in [4.69, 9.17) is 0 Å². The van der Waals surface area contributed by atoms with Crippen LogP contribution in [-0.2, 0) is 20.8 Å². The second-order valence-corrected chi connectivity index (χ2v) is 12.7. The van der Waals surface area contributed by atoms with Gasteiger partial charge in [-0.1, -0.05) is 92.3 Å². The van der Waals surface area contributed by atoms with E-state index >= 15 is 0 Å². The number of amides is 2. The van der Waals surface area contributed by atoms with Crippen LogP contribution in [0.2, 0.25) is 0 Å². The molecule has 0 saturated carbocycles. The van der Waals surface area contributed by atoms with Gasteiger partial charge in [-0.3, -0.25) is 14.4 Å². The number of hydrogen-bond acceptors (Lipinski definition) is 6. The highest BCUT2D eigenvalue weighted by Crippen LogP contribution is 2.23. The van der Waals surface area contributed by atoms with Gasteiger partial charge in [-0.05, 0) is 50.2 Å². The highest BCUT2D eigenvalue weighted by atomic mass is 33.1. The predicted molar refractivity (Wildman–Crippen MR) is 165 cm³/mol. The predicted octanol–water partition coefficient (Wildman–Crippen LogP) is 7.10. The van der Waals surface area contributed by atoms with Gasteiger partial charge in [-0.2, -0.15) is 5.10 Å². The van der Waals surface area contributed by atoms with Gasteiger partial charge in [0.1, 0.15) is 5.78 Å². The van der Waals surface area contributed by atoms with Crippen molar-refractivity contribution in [2.24, 2.45) is 11.0 Å². The van der Waals surface area contributed by atoms with Crippen LogP contribution in [0.3, 0.4) is 0 Å². The smallest absolute Gasteiger partial charge is 0.240 e. The number of hydrogen-bond donors (Lipinski definition) is 2. The Morgan fingerprint density at radius 1 is 0.816 bits per heavy atom. The molecule has 1 rings (SSSR count). The third-order valence-corrected chi connectivity index (χ3v) is 8.73. The van der Waals surface area contributed by atoms with Crippen LogP contribution in [0.25, 0.3) is 0 Å². The van der Waals surface area contributed by atoms with Crippen LogP contribution in [0.1, 0.15) is 109 Å². The maximum Gasteiger partial charge on any atom is 0.240 e. The number of nitrogens with zero attached hydrogens (tertiary/aromatic N) is 1. The first-order chi connectivity index (χ1) is 18.3. The van der Waals surface area contributed by atoms with Gasteiger partial charge >= 0.3 is 0 Å². The van der Waals surface area contributed by atoms with E-state index in [1.165, 1.54) is 31.2 Å². The third-order valence-electron chi connectivity index (χ3n) is 6.23. The van der Waals surface area contributed by atoms with Gasteiger partial charge < -0.3 is 5.32 Å². The third kappa shape index (κ3) is 17.7. The van der Waals surface area contributed by atoms with E-state index in [0.717, 1.165) is 61.4 Å². The number of ketones is 1. The first-order valence-corrected chi connectivity index (χ1v) is 16.8. The Balaban J connectivity index is 2.16. The van der Waals surface area contributed by atoms with E-state index < -0.39 is 0 Å². The quantitative estimate of drug-likeness (QED) is 0.0680. The molecule has 0 heterocycles. The number of aryl methyl sites for hydroxylation is 1. The van der Waals surface area contributed by atoms with Crippen molar-refractivity contribution in [3.8, 4) is 0 Å². The normalized spacial score (nSPS) is 11.6. The lowest BCUT2D eigenvalue weighted by Gasteiger charge is -2.07. The minimum Gasteiger partial charge on any atom is -0.356 e. The largest absolute Gasteiger partial charge is 0.356 e. The summed E-state index contributed by atoms with van der Waals surface area (Å²) in [6.45, 7) is 8.77. The molecular formula is C30H49N3O3S2. The SMILES string of the molecule is CCCCCCCNC(=O)CCCCc1ccc(/C(C)=N/NC(=O)CCSSCCCC(=O)C(C)C)cc1. The molecule has 2 N–H and O–H groups in total. The Bertz CT molecular complexity index is 842. The molecule has 6 nitrogen and oxygen atoms in total. The Morgan fingerprint density at radius 3 is 2.24 bits per heavy atom. The average Bonchev–Trinajstić information content (AvgIpc) is 2.91. The van der Waals surface area contributed by atoms with Gasteiger partial charge in [0.05, 0.1) is 5.71 Å². The van der Waals surface area contributed by atoms with Crippen molar-refractivity contribution in [3.63, 3.8) is 0 Å². The molecule has 0 aliphatic heterocycles. The van der Waals surface area contributed by atoms with Gasteiger partial charge in [0.2, 0.25) is 11.8 Å². The van der Waals surface area contributed by atoms with Crippen molar-refractivity contribution < 1.29 is 14.4 Å². The van der Waals surface area contributed by atoms with Crippen LogP contribution < -0.4 is 10.7 Å². The van der Waals surface area contributed by atoms with Crippen LogP contribution in [0.15, 0.2) is 29.4 Å². The molecule has 1 aromatic carbocycles. The van der Waals surface area contributed by atoms with Gasteiger partial charge in [-0.15, -0.1) is 0 Å². The zero-order chi connectivity index (χ0) is 28.0. The summed E-state index contributed by atoms with van der Waals surface area (Å²) in [6.07, 6.45) is 11.4. The molecule has 0 aliphatic rings. The summed E-state index contributed by atoms with van der Waals surface area (Å²) in [4.78, 5) is 35.6. The Kier molecular flexibility index (Phi) is 19.9. The molecule has 0 fully saturated rings. The van der Waals surface area contributed by atoms with Gasteiger partial charge in [0.15, 0.2) is 0 Å². The Labute approximate surface area is 238 Å². The molecule has 0 aliphatic carbocycles. The van der Waals surface area contributed by atoms with Crippen molar-refractivity contribution in [2.75, 3.05) is 18.1 Å². The number of nitrogens with one attached hydrogen (secondary N) is 2. The molecule has 214 valence electrons. The molecule has 0 bridgehead atoms. The topological polar surface area (TPSA) is 87.6 Å². The van der Waals surface area contributed by atoms with Crippen LogP contribution in [0.4, 0.5) is 0 Å². The minimum atomic E-state index is -0.0930. The first-order valence-electron chi connectivity index (χ1n) is 14.3. The fraction of sp³-hybridized carbons (Fsp3) is 0.667. The van der Waals surface area contributed by atoms with Crippen LogP contribution in [0.5, 0.6) is 0 Å². The fourth-order valence-corrected chi connectivity index (χ4v) is 5.76. The van der Waals surface area contributed by atoms with Crippen LogP contribution in [0, 0.1) is 5.92 Å². The van der Waals surface area contributed by atoms with Crippen molar-refractivity contribution in [1.82, 2.24) is 10.7 Å². The number of hydrazone groups is 1. The average molecular weight is 564 g/mol. The summed E-state index contributed by atoms with van der Waals surface area (Å²) in [5.74, 6) is 2.15. The Hall–Kier alpha value is -1.80. The number of carbonyl (C=O) groups is 3. The zero-order valence-corrected chi connectivity index (χ0v) is 25.6. The number of unbranched alkanes of at least 4 members (excludes halogenated alkanes) is 5. The van der Waals surface area contributed by atoms with Gasteiger partial charge in [-0.25, -0.2) is 5.43 Å². The first kappa shape index (κ1) is 34.2. The molecule has 0 radical (unpaired) electrons. The molecule has 0 atom stereocenters. The van der Waals surface area contributed by atoms with Crippen LogP contribution in [-0.4, -0.2) is 41.4 Å². The van der Waals surface area contributed by atoms with Crippen molar-refractivity contribution in [3.05, 3.63) is 35.4 Å². The molecule has 0 spiro atoms. The van der Waals surface area contributed by atoms with E-state index in [0.29, 0.717) is 25.0 Å². The van der Waals surface area contributed by atoms with E-state index in [9.17, 15) is 14.4 Å². The lowest BCUT2D eigenvalue weighted by atomic mass is 10.0. The number of Topliss-reactive ketones (excluding diaryl/α,β-unsaturated/α-hetero) is 1. The van der Waals surface area contributed by atoms with Crippen LogP contribution >= 0.6 is 21.6 Å². The number of carbonyl (C=O) groups excluding carboxylic acids is 3. The highest BCUT2D eigenvalue weighted by Gasteiger charge is 2.07. The monoisotopic (exact) mass is 563 g/mol. The number of benzene rings is 1. The molecule has 38 heavy (non-hydrogen) atoms. The molecule has 1 aromatic rings. The number of rotatable bonds is 22. The molecule has 0 saturated heterocycles. The molecule has 8 heteroatoms. The summed E-state index contributed by atoms with van der Waals surface area (Å²) in [6, 6.07) is 8.24. The van der Waals surface area contributed by atoms with E-state index in [1.807, 2.05) is 32.9 Å². The van der Waals surface area contributed by atoms with Crippen molar-refractivity contribution in [2.45, 2.75) is 105 Å². The molecule has 0 aromatic heterocycles. The maximum atomic E-state index is 12.1. The zero-order valence-electron chi connectivity index (χ0n) is 24.0. The van der Waals surface area contributed by atoms with Gasteiger partial charge in [0.25, 0.3) is 0 Å². The summed E-state index contributed by atoms with van der Waals surface area (Å²) < 4.78 is 0. The summed E-state index contributed by atoms with van der Waals surface area (Å²) in [5.41, 5.74) is 5.64. The van der Waals surface area contributed by atoms with E-state index in [1.54, 1.807) is 21.6 Å². The highest BCUT2D eigenvalue weighted by molar-refractivity contribution is 8.76. The lowest BCUT2D eigenvalue weighted by molar-refractivity contribution is -0.122. The van der Waals surface area contributed by atoms with E-state index in [-0.39, 0.29) is 17.7 Å². The molecule has 2 amide bonds. The maximum absolute atomic E-state index is 12.1. The molecule has 0 unspecified atom stereocenters. The second-order valence-electron chi connectivity index (χ2n) is 10.0. The summed E-state index contributed by atoms with van der Waals surface area (Å²) >= 11 is 0. The summed E-state index contributed by atoms with van der Waals surface area (Å²) in [7, 11) is 3.38. The second kappa shape index (κ2) is 22.1. The molecular weight excluding hydrogens is 514 g/mol. The van der Waals surface area contributed by atoms with Crippen molar-refractivity contribution >= 4 is 44.9 Å². The summed E-state index contributed by atoms with van der Waals surface area (Å²) in [5, 5.41) is 7.28. The van der Waals surface area contributed by atoms with E-state index in [2.05, 4.69) is 34.9 Å². The fourth-order valence-electron chi connectivity index (χ4n) is 3.68. The minimum absolute atomic E-state index is 0.0930. The standard InChI is InChI=1S/C30H49N3O3S2/c1-5-6-7-8-11-21-31-29(35)15-10-9-13-26-16-18-27(19-17-26)25(4)32-33-30(36)20-23-38-37-22-12-14-28(34)24(2)3/h16-19,24H,5-15,20-23H2,1-4H3,(H,31,35)(H,33,36)/b32-25+. The Morgan fingerprint density at radius 2 is 1.53 bits per heavy atom. The van der Waals surface area contributed by atoms with Crippen molar-refractivity contribution in [1.29, 1.82) is 0 Å². The lowest BCUT2D eigenvalue weighted by Crippen LogP contribution is -2.24. The van der Waals surface area contributed by atoms with Gasteiger partial charge in [0, 0.05) is 43.2 Å².